The molecule has 1 amide bonds. The van der Waals surface area contributed by atoms with E-state index in [0.29, 0.717) is 20.5 Å². The van der Waals surface area contributed by atoms with Crippen molar-refractivity contribution in [1.29, 1.82) is 0 Å². The summed E-state index contributed by atoms with van der Waals surface area (Å²) in [6.45, 7) is 2.10. The molecular weight excluding hydrogens is 366 g/mol. The van der Waals surface area contributed by atoms with Gasteiger partial charge in [-0.15, -0.1) is 0 Å². The Kier molecular flexibility index (Phi) is 5.54. The number of rotatable bonds is 5. The van der Waals surface area contributed by atoms with Crippen LogP contribution in [0.1, 0.15) is 23.6 Å². The maximum Gasteiger partial charge on any atom is 0.307 e. The minimum atomic E-state index is -0.889. The van der Waals surface area contributed by atoms with Gasteiger partial charge >= 0.3 is 5.97 Å². The quantitative estimate of drug-likeness (QED) is 0.617. The molecule has 1 fully saturated rings. The molecule has 4 nitrogen and oxygen atoms in total. The molecule has 1 heterocycles. The summed E-state index contributed by atoms with van der Waals surface area (Å²) in [5.41, 5.74) is 3.53. The van der Waals surface area contributed by atoms with E-state index in [4.69, 9.17) is 17.3 Å². The Morgan fingerprint density at radius 2 is 1.73 bits per heavy atom. The fourth-order valence-corrected chi connectivity index (χ4v) is 3.93. The molecule has 0 radical (unpaired) electrons. The van der Waals surface area contributed by atoms with Gasteiger partial charge in [-0.05, 0) is 41.3 Å². The van der Waals surface area contributed by atoms with E-state index in [1.807, 2.05) is 30.3 Å². The molecule has 0 unspecified atom stereocenters. The van der Waals surface area contributed by atoms with Crippen molar-refractivity contribution < 1.29 is 14.7 Å². The van der Waals surface area contributed by atoms with E-state index in [9.17, 15) is 9.59 Å². The largest absolute Gasteiger partial charge is 0.481 e. The van der Waals surface area contributed by atoms with Gasteiger partial charge < -0.3 is 5.11 Å². The molecule has 0 aliphatic carbocycles. The molecule has 1 aliphatic rings. The van der Waals surface area contributed by atoms with Crippen molar-refractivity contribution >= 4 is 51.9 Å². The second-order valence-electron chi connectivity index (χ2n) is 5.85. The number of hydrogen-bond acceptors (Lipinski definition) is 4. The summed E-state index contributed by atoms with van der Waals surface area (Å²) in [4.78, 5) is 25.6. The first-order chi connectivity index (χ1) is 12.5. The molecule has 6 heteroatoms. The highest BCUT2D eigenvalue weighted by Gasteiger charge is 2.33. The molecular formula is C20H17NO3S2. The second-order valence-corrected chi connectivity index (χ2v) is 7.52. The SMILES string of the molecule is CCc1ccc(/C=C2\SC(=S)N(c3ccc(CC(=O)O)cc3)C2=O)cc1. The maximum absolute atomic E-state index is 12.8. The number of hydrogen-bond donors (Lipinski definition) is 1. The van der Waals surface area contributed by atoms with Crippen molar-refractivity contribution in [2.75, 3.05) is 4.90 Å². The fourth-order valence-electron chi connectivity index (χ4n) is 2.63. The van der Waals surface area contributed by atoms with E-state index >= 15 is 0 Å². The number of carbonyl (C=O) groups excluding carboxylic acids is 1. The second kappa shape index (κ2) is 7.85. The Labute approximate surface area is 161 Å². The molecule has 0 spiro atoms. The topological polar surface area (TPSA) is 57.6 Å². The van der Waals surface area contributed by atoms with Crippen LogP contribution in [0.3, 0.4) is 0 Å². The Balaban J connectivity index is 1.81. The number of aryl methyl sites for hydroxylation is 1. The van der Waals surface area contributed by atoms with Gasteiger partial charge in [-0.1, -0.05) is 67.3 Å². The molecule has 0 bridgehead atoms. The Morgan fingerprint density at radius 3 is 2.31 bits per heavy atom. The lowest BCUT2D eigenvalue weighted by atomic mass is 10.1. The molecule has 1 saturated heterocycles. The molecule has 2 aromatic rings. The third kappa shape index (κ3) is 4.03. The number of aliphatic carboxylic acids is 1. The van der Waals surface area contributed by atoms with Crippen LogP contribution in [0.25, 0.3) is 6.08 Å². The van der Waals surface area contributed by atoms with Crippen molar-refractivity contribution in [3.8, 4) is 0 Å². The summed E-state index contributed by atoms with van der Waals surface area (Å²) in [5, 5.41) is 8.84. The number of carboxylic acids is 1. The standard InChI is InChI=1S/C20H17NO3S2/c1-2-13-3-5-14(6-4-13)11-17-19(24)21(20(25)26-17)16-9-7-15(8-10-16)12-18(22)23/h3-11H,2,12H2,1H3,(H,22,23)/b17-11-. The van der Waals surface area contributed by atoms with E-state index in [-0.39, 0.29) is 12.3 Å². The number of amides is 1. The summed E-state index contributed by atoms with van der Waals surface area (Å²) in [6.07, 6.45) is 2.77. The Bertz CT molecular complexity index is 886. The van der Waals surface area contributed by atoms with Crippen molar-refractivity contribution in [3.05, 3.63) is 70.1 Å². The van der Waals surface area contributed by atoms with Crippen molar-refractivity contribution in [1.82, 2.24) is 0 Å². The minimum Gasteiger partial charge on any atom is -0.481 e. The number of anilines is 1. The first kappa shape index (κ1) is 18.4. The van der Waals surface area contributed by atoms with Crippen LogP contribution in [-0.4, -0.2) is 21.3 Å². The first-order valence-electron chi connectivity index (χ1n) is 8.15. The third-order valence-corrected chi connectivity index (χ3v) is 5.33. The Hall–Kier alpha value is -2.44. The molecule has 3 rings (SSSR count). The maximum atomic E-state index is 12.8. The number of thiocarbonyl (C=S) groups is 1. The smallest absolute Gasteiger partial charge is 0.307 e. The number of benzene rings is 2. The summed E-state index contributed by atoms with van der Waals surface area (Å²) in [6, 6.07) is 14.9. The molecule has 26 heavy (non-hydrogen) atoms. The number of carbonyl (C=O) groups is 2. The lowest BCUT2D eigenvalue weighted by molar-refractivity contribution is -0.136. The van der Waals surface area contributed by atoms with Crippen LogP contribution in [0.5, 0.6) is 0 Å². The average Bonchev–Trinajstić information content (AvgIpc) is 2.89. The molecule has 1 N–H and O–H groups in total. The van der Waals surface area contributed by atoms with Crippen LogP contribution in [0, 0.1) is 0 Å². The zero-order valence-corrected chi connectivity index (χ0v) is 15.8. The molecule has 0 saturated carbocycles. The van der Waals surface area contributed by atoms with Crippen LogP contribution in [0.15, 0.2) is 53.4 Å². The predicted molar refractivity (Wildman–Crippen MR) is 109 cm³/mol. The lowest BCUT2D eigenvalue weighted by Gasteiger charge is -2.14. The predicted octanol–water partition coefficient (Wildman–Crippen LogP) is 4.28. The molecule has 0 aromatic heterocycles. The number of thioether (sulfide) groups is 1. The van der Waals surface area contributed by atoms with Gasteiger partial charge in [0.25, 0.3) is 5.91 Å². The van der Waals surface area contributed by atoms with E-state index in [2.05, 4.69) is 6.92 Å². The van der Waals surface area contributed by atoms with Crippen LogP contribution in [0.4, 0.5) is 5.69 Å². The number of nitrogens with zero attached hydrogens (tertiary/aromatic N) is 1. The summed E-state index contributed by atoms with van der Waals surface area (Å²) in [7, 11) is 0. The van der Waals surface area contributed by atoms with Crippen LogP contribution >= 0.6 is 24.0 Å². The number of carboxylic acid groups (broad SMARTS) is 1. The Morgan fingerprint density at radius 1 is 1.12 bits per heavy atom. The van der Waals surface area contributed by atoms with Gasteiger partial charge in [-0.2, -0.15) is 0 Å². The first-order valence-corrected chi connectivity index (χ1v) is 9.38. The van der Waals surface area contributed by atoms with Crippen LogP contribution in [-0.2, 0) is 22.4 Å². The minimum absolute atomic E-state index is 0.0493. The fraction of sp³-hybridized carbons (Fsp3) is 0.150. The monoisotopic (exact) mass is 383 g/mol. The van der Waals surface area contributed by atoms with Crippen molar-refractivity contribution in [3.63, 3.8) is 0 Å². The summed E-state index contributed by atoms with van der Waals surface area (Å²) in [5.74, 6) is -1.05. The van der Waals surface area contributed by atoms with E-state index in [1.165, 1.54) is 22.2 Å². The summed E-state index contributed by atoms with van der Waals surface area (Å²) >= 11 is 6.64. The molecule has 132 valence electrons. The van der Waals surface area contributed by atoms with E-state index in [0.717, 1.165) is 12.0 Å². The van der Waals surface area contributed by atoms with Gasteiger partial charge in [-0.25, -0.2) is 0 Å². The zero-order chi connectivity index (χ0) is 18.7. The third-order valence-electron chi connectivity index (χ3n) is 4.03. The van der Waals surface area contributed by atoms with Crippen molar-refractivity contribution in [2.45, 2.75) is 19.8 Å². The highest BCUT2D eigenvalue weighted by molar-refractivity contribution is 8.27. The van der Waals surface area contributed by atoms with Crippen molar-refractivity contribution in [2.24, 2.45) is 0 Å². The molecule has 0 atom stereocenters. The van der Waals surface area contributed by atoms with Crippen LogP contribution in [0.2, 0.25) is 0 Å². The van der Waals surface area contributed by atoms with Gasteiger partial charge in [-0.3, -0.25) is 14.5 Å². The van der Waals surface area contributed by atoms with E-state index < -0.39 is 5.97 Å². The van der Waals surface area contributed by atoms with Gasteiger partial charge in [0.15, 0.2) is 4.32 Å². The normalized spacial score (nSPS) is 15.7. The van der Waals surface area contributed by atoms with Gasteiger partial charge in [0.2, 0.25) is 0 Å². The highest BCUT2D eigenvalue weighted by Crippen LogP contribution is 2.36. The van der Waals surface area contributed by atoms with Gasteiger partial charge in [0.1, 0.15) is 0 Å². The van der Waals surface area contributed by atoms with Gasteiger partial charge in [0, 0.05) is 0 Å². The van der Waals surface area contributed by atoms with Crippen LogP contribution < -0.4 is 4.90 Å². The summed E-state index contributed by atoms with van der Waals surface area (Å²) < 4.78 is 0.470. The van der Waals surface area contributed by atoms with E-state index in [1.54, 1.807) is 24.3 Å². The lowest BCUT2D eigenvalue weighted by Crippen LogP contribution is -2.27. The van der Waals surface area contributed by atoms with Gasteiger partial charge in [0.05, 0.1) is 17.0 Å². The molecule has 2 aromatic carbocycles. The zero-order valence-electron chi connectivity index (χ0n) is 14.1. The molecule has 1 aliphatic heterocycles. The highest BCUT2D eigenvalue weighted by atomic mass is 32.2. The average molecular weight is 383 g/mol.